The highest BCUT2D eigenvalue weighted by Gasteiger charge is 2.47. The number of aryl methyl sites for hydroxylation is 1. The van der Waals surface area contributed by atoms with E-state index in [9.17, 15) is 13.6 Å². The van der Waals surface area contributed by atoms with Crippen molar-refractivity contribution >= 4 is 5.91 Å². The molecule has 0 saturated carbocycles. The minimum Gasteiger partial charge on any atom is -0.435 e. The van der Waals surface area contributed by atoms with Crippen LogP contribution in [0, 0.1) is 0 Å². The van der Waals surface area contributed by atoms with Crippen molar-refractivity contribution < 1.29 is 18.3 Å². The highest BCUT2D eigenvalue weighted by atomic mass is 19.3. The van der Waals surface area contributed by atoms with Crippen molar-refractivity contribution in [2.24, 2.45) is 5.73 Å². The second-order valence-corrected chi connectivity index (χ2v) is 7.07. The second kappa shape index (κ2) is 8.71. The van der Waals surface area contributed by atoms with Gasteiger partial charge in [-0.15, -0.1) is 6.58 Å². The third-order valence-corrected chi connectivity index (χ3v) is 5.15. The van der Waals surface area contributed by atoms with Crippen LogP contribution in [0.25, 0.3) is 0 Å². The molecule has 0 aliphatic carbocycles. The number of rotatable bonds is 8. The van der Waals surface area contributed by atoms with E-state index in [0.717, 1.165) is 30.4 Å². The number of amides is 1. The molecule has 1 aliphatic rings. The maximum atomic E-state index is 12.9. The summed E-state index contributed by atoms with van der Waals surface area (Å²) in [7, 11) is 1.65. The van der Waals surface area contributed by atoms with Crippen LogP contribution in [0.5, 0.6) is 5.75 Å². The summed E-state index contributed by atoms with van der Waals surface area (Å²) in [5.74, 6) is -1.34. The topological polar surface area (TPSA) is 67.6 Å². The molecule has 0 bridgehead atoms. The van der Waals surface area contributed by atoms with Gasteiger partial charge in [-0.25, -0.2) is 0 Å². The summed E-state index contributed by atoms with van der Waals surface area (Å²) >= 11 is 0. The van der Waals surface area contributed by atoms with Crippen molar-refractivity contribution in [3.05, 3.63) is 77.9 Å². The number of halogens is 2. The summed E-state index contributed by atoms with van der Waals surface area (Å²) in [4.78, 5) is 14.4. The third kappa shape index (κ3) is 4.46. The van der Waals surface area contributed by atoms with Crippen LogP contribution in [0.1, 0.15) is 35.6 Å². The number of allylic oxidation sites excluding steroid dienone is 1. The fourth-order valence-electron chi connectivity index (χ4n) is 3.51. The van der Waals surface area contributed by atoms with E-state index in [0.29, 0.717) is 5.56 Å². The lowest BCUT2D eigenvalue weighted by atomic mass is 10.0. The molecular formula is C22H25F2N3O2. The minimum atomic E-state index is -2.89. The Bertz CT molecular complexity index is 873. The van der Waals surface area contributed by atoms with Crippen molar-refractivity contribution in [2.45, 2.75) is 37.7 Å². The lowest BCUT2D eigenvalue weighted by Crippen LogP contribution is -2.55. The number of hydrogen-bond acceptors (Lipinski definition) is 4. The van der Waals surface area contributed by atoms with Gasteiger partial charge >= 0.3 is 6.61 Å². The Morgan fingerprint density at radius 3 is 2.69 bits per heavy atom. The molecule has 2 atom stereocenters. The molecule has 3 rings (SSSR count). The number of carbonyl (C=O) groups excluding carboxylic acids is 1. The maximum Gasteiger partial charge on any atom is 0.387 e. The fraction of sp³-hybridized carbons (Fsp3) is 0.318. The van der Waals surface area contributed by atoms with Crippen LogP contribution in [0.3, 0.4) is 0 Å². The van der Waals surface area contributed by atoms with E-state index in [1.165, 1.54) is 17.0 Å². The zero-order valence-corrected chi connectivity index (χ0v) is 16.3. The number of nitrogens with two attached hydrogens (primary N) is 1. The number of nitrogens with zero attached hydrogens (tertiary/aromatic N) is 1. The van der Waals surface area contributed by atoms with Gasteiger partial charge in [0.15, 0.2) is 5.79 Å². The molecule has 1 fully saturated rings. The summed E-state index contributed by atoms with van der Waals surface area (Å²) in [5, 5.41) is 3.20. The van der Waals surface area contributed by atoms with E-state index in [1.807, 2.05) is 30.3 Å². The van der Waals surface area contributed by atoms with Gasteiger partial charge in [0.2, 0.25) is 5.91 Å². The number of benzene rings is 2. The Hall–Kier alpha value is -2.77. The average Bonchev–Trinajstić information content (AvgIpc) is 2.94. The summed E-state index contributed by atoms with van der Waals surface area (Å²) < 4.78 is 29.0. The molecule has 2 aromatic carbocycles. The highest BCUT2D eigenvalue weighted by Crippen LogP contribution is 2.34. The zero-order chi connectivity index (χ0) is 21.0. The standard InChI is InChI=1S/C22H25F2N3O2/c1-3-4-5-7-15-8-6-9-17(14-15)22(25)26-19(20(28)27(22)2)16-10-12-18(13-11-16)29-21(23)24/h3,6,8-14,19,21,26H,1,4-5,7,25H2,2H3/t19-,22?/m1/s1. The normalized spacial score (nSPS) is 21.6. The summed E-state index contributed by atoms with van der Waals surface area (Å²) in [6.45, 7) is 0.844. The molecule has 5 nitrogen and oxygen atoms in total. The van der Waals surface area contributed by atoms with E-state index in [2.05, 4.69) is 16.6 Å². The average molecular weight is 401 g/mol. The largest absolute Gasteiger partial charge is 0.435 e. The highest BCUT2D eigenvalue weighted by molar-refractivity contribution is 5.86. The van der Waals surface area contributed by atoms with Crippen LogP contribution in [0.15, 0.2) is 61.2 Å². The van der Waals surface area contributed by atoms with Crippen molar-refractivity contribution in [1.29, 1.82) is 0 Å². The van der Waals surface area contributed by atoms with Gasteiger partial charge in [0.05, 0.1) is 0 Å². The second-order valence-electron chi connectivity index (χ2n) is 7.07. The zero-order valence-electron chi connectivity index (χ0n) is 16.3. The number of ether oxygens (including phenoxy) is 1. The molecule has 2 aromatic rings. The fourth-order valence-corrected chi connectivity index (χ4v) is 3.51. The number of alkyl halides is 2. The monoisotopic (exact) mass is 401 g/mol. The Balaban J connectivity index is 1.82. The molecule has 3 N–H and O–H groups in total. The molecular weight excluding hydrogens is 376 g/mol. The SMILES string of the molecule is C=CCCCc1cccc(C2(N)N[C@H](c3ccc(OC(F)F)cc3)C(=O)N2C)c1. The minimum absolute atomic E-state index is 0.0359. The number of likely N-dealkylation sites (N-methyl/N-ethyl adjacent to an activating group) is 1. The molecule has 7 heteroatoms. The first-order valence-electron chi connectivity index (χ1n) is 9.44. The molecule has 1 amide bonds. The lowest BCUT2D eigenvalue weighted by Gasteiger charge is -2.32. The van der Waals surface area contributed by atoms with Gasteiger partial charge < -0.3 is 9.64 Å². The first-order chi connectivity index (χ1) is 13.8. The molecule has 29 heavy (non-hydrogen) atoms. The molecule has 1 saturated heterocycles. The van der Waals surface area contributed by atoms with Gasteiger partial charge in [0.1, 0.15) is 11.8 Å². The van der Waals surface area contributed by atoms with E-state index in [1.54, 1.807) is 19.2 Å². The van der Waals surface area contributed by atoms with Crippen LogP contribution in [0.4, 0.5) is 8.78 Å². The van der Waals surface area contributed by atoms with Crippen LogP contribution in [-0.2, 0) is 17.0 Å². The van der Waals surface area contributed by atoms with Crippen LogP contribution >= 0.6 is 0 Å². The van der Waals surface area contributed by atoms with Gasteiger partial charge in [-0.2, -0.15) is 8.78 Å². The van der Waals surface area contributed by atoms with Crippen molar-refractivity contribution in [2.75, 3.05) is 7.05 Å². The van der Waals surface area contributed by atoms with Gasteiger partial charge in [-0.3, -0.25) is 15.8 Å². The predicted octanol–water partition coefficient (Wildman–Crippen LogP) is 3.67. The van der Waals surface area contributed by atoms with Gasteiger partial charge in [-0.1, -0.05) is 42.5 Å². The van der Waals surface area contributed by atoms with Gasteiger partial charge in [0.25, 0.3) is 0 Å². The van der Waals surface area contributed by atoms with E-state index >= 15 is 0 Å². The number of carbonyl (C=O) groups is 1. The predicted molar refractivity (Wildman–Crippen MR) is 107 cm³/mol. The first-order valence-corrected chi connectivity index (χ1v) is 9.44. The maximum absolute atomic E-state index is 12.9. The lowest BCUT2D eigenvalue weighted by molar-refractivity contribution is -0.130. The third-order valence-electron chi connectivity index (χ3n) is 5.15. The molecule has 1 aliphatic heterocycles. The number of unbranched alkanes of at least 4 members (excludes halogenated alkanes) is 1. The first kappa shape index (κ1) is 21.0. The molecule has 0 radical (unpaired) electrons. The van der Waals surface area contributed by atoms with Crippen LogP contribution in [0.2, 0.25) is 0 Å². The quantitative estimate of drug-likeness (QED) is 0.523. The van der Waals surface area contributed by atoms with Crippen LogP contribution in [-0.4, -0.2) is 24.5 Å². The number of hydrogen-bond donors (Lipinski definition) is 2. The molecule has 1 unspecified atom stereocenters. The summed E-state index contributed by atoms with van der Waals surface area (Å²) in [6.07, 6.45) is 4.70. The molecule has 154 valence electrons. The molecule has 1 heterocycles. The van der Waals surface area contributed by atoms with Gasteiger partial charge in [0, 0.05) is 12.6 Å². The Kier molecular flexibility index (Phi) is 6.30. The Morgan fingerprint density at radius 1 is 1.31 bits per heavy atom. The Labute approximate surface area is 169 Å². The van der Waals surface area contributed by atoms with E-state index in [4.69, 9.17) is 5.73 Å². The van der Waals surface area contributed by atoms with Crippen molar-refractivity contribution in [1.82, 2.24) is 10.2 Å². The van der Waals surface area contributed by atoms with Crippen molar-refractivity contribution in [3.8, 4) is 5.75 Å². The summed E-state index contributed by atoms with van der Waals surface area (Å²) in [5.41, 5.74) is 9.15. The van der Waals surface area contributed by atoms with Crippen molar-refractivity contribution in [3.63, 3.8) is 0 Å². The smallest absolute Gasteiger partial charge is 0.387 e. The Morgan fingerprint density at radius 2 is 2.03 bits per heavy atom. The molecule has 0 spiro atoms. The van der Waals surface area contributed by atoms with E-state index in [-0.39, 0.29) is 11.7 Å². The summed E-state index contributed by atoms with van der Waals surface area (Å²) in [6, 6.07) is 13.1. The molecule has 0 aromatic heterocycles. The van der Waals surface area contributed by atoms with E-state index < -0.39 is 18.4 Å². The number of nitrogens with one attached hydrogen (secondary N) is 1. The van der Waals surface area contributed by atoms with Crippen LogP contribution < -0.4 is 15.8 Å². The van der Waals surface area contributed by atoms with Gasteiger partial charge in [-0.05, 0) is 42.5 Å².